The number of aliphatic carboxylic acids is 1. The van der Waals surface area contributed by atoms with Gasteiger partial charge in [-0.2, -0.15) is 0 Å². The van der Waals surface area contributed by atoms with Crippen LogP contribution in [-0.4, -0.2) is 18.1 Å². The van der Waals surface area contributed by atoms with Crippen molar-refractivity contribution >= 4 is 16.7 Å². The first-order valence-corrected chi connectivity index (χ1v) is 5.06. The van der Waals surface area contributed by atoms with Gasteiger partial charge in [-0.3, -0.25) is 4.79 Å². The van der Waals surface area contributed by atoms with Crippen LogP contribution in [0.4, 0.5) is 0 Å². The minimum Gasteiger partial charge on any atom is -0.497 e. The summed E-state index contributed by atoms with van der Waals surface area (Å²) < 4.78 is 33.9. The van der Waals surface area contributed by atoms with Gasteiger partial charge in [0.1, 0.15) is 5.75 Å². The van der Waals surface area contributed by atoms with E-state index in [-0.39, 0.29) is 5.75 Å². The van der Waals surface area contributed by atoms with Gasteiger partial charge in [-0.05, 0) is 35.4 Å². The number of fused-ring (bicyclic) bond motifs is 1. The van der Waals surface area contributed by atoms with Crippen LogP contribution in [0, 0.1) is 0 Å². The number of ether oxygens (including phenoxy) is 1. The lowest BCUT2D eigenvalue weighted by Crippen LogP contribution is -2.06. The molecule has 2 aromatic rings. The molecule has 2 rings (SSSR count). The van der Waals surface area contributed by atoms with Gasteiger partial charge < -0.3 is 9.84 Å². The van der Waals surface area contributed by atoms with Gasteiger partial charge in [0.25, 0.3) is 0 Å². The normalized spacial score (nSPS) is 18.4. The number of carbonyl (C=O) groups is 1. The lowest BCUT2D eigenvalue weighted by atomic mass is 9.98. The highest BCUT2D eigenvalue weighted by Crippen LogP contribution is 2.25. The maximum atomic E-state index is 11.1. The lowest BCUT2D eigenvalue weighted by Gasteiger charge is -2.08. The second-order valence-electron chi connectivity index (χ2n) is 3.76. The molecule has 0 saturated heterocycles. The fraction of sp³-hybridized carbons (Fsp3) is 0.214. The summed E-state index contributed by atoms with van der Waals surface area (Å²) >= 11 is 0. The summed E-state index contributed by atoms with van der Waals surface area (Å²) in [5.74, 6) is -2.76. The highest BCUT2D eigenvalue weighted by molar-refractivity contribution is 5.86. The molecule has 0 amide bonds. The van der Waals surface area contributed by atoms with Gasteiger partial charge in [0.05, 0.1) is 17.0 Å². The topological polar surface area (TPSA) is 46.5 Å². The van der Waals surface area contributed by atoms with Crippen LogP contribution in [0.15, 0.2) is 36.4 Å². The first-order chi connectivity index (χ1) is 9.59. The third-order valence-electron chi connectivity index (χ3n) is 2.68. The van der Waals surface area contributed by atoms with Crippen LogP contribution in [0.2, 0.25) is 0 Å². The smallest absolute Gasteiger partial charge is 0.310 e. The molecule has 0 heterocycles. The molecule has 0 aromatic heterocycles. The van der Waals surface area contributed by atoms with E-state index in [0.29, 0.717) is 16.3 Å². The van der Waals surface area contributed by atoms with Crippen molar-refractivity contribution in [1.29, 1.82) is 0 Å². The number of methoxy groups -OCH3 is 1. The number of carboxylic acids is 1. The summed E-state index contributed by atoms with van der Waals surface area (Å²) in [6, 6.07) is 9.50. The fourth-order valence-corrected chi connectivity index (χ4v) is 1.64. The van der Waals surface area contributed by atoms with Crippen LogP contribution in [0.1, 0.15) is 23.9 Å². The van der Waals surface area contributed by atoms with Crippen LogP contribution in [0.3, 0.4) is 0 Å². The first-order valence-electron chi connectivity index (χ1n) is 7.06. The molecular weight excluding hydrogens is 216 g/mol. The highest BCUT2D eigenvalue weighted by atomic mass is 16.5. The Balaban J connectivity index is 2.43. The Kier molecular flexibility index (Phi) is 1.92. The van der Waals surface area contributed by atoms with E-state index in [1.807, 2.05) is 0 Å². The quantitative estimate of drug-likeness (QED) is 0.887. The zero-order chi connectivity index (χ0) is 15.8. The molecular formula is C14H14O3. The molecule has 0 saturated carbocycles. The van der Waals surface area contributed by atoms with E-state index in [4.69, 9.17) is 15.3 Å². The Morgan fingerprint density at radius 1 is 1.35 bits per heavy atom. The number of rotatable bonds is 3. The van der Waals surface area contributed by atoms with Crippen LogP contribution in [0.5, 0.6) is 5.75 Å². The summed E-state index contributed by atoms with van der Waals surface area (Å²) in [5, 5.41) is 10.5. The second-order valence-corrected chi connectivity index (χ2v) is 3.76. The SMILES string of the molecule is [2H]C([2H])([2H])Oc1ccc2cc(C([2H])(C)C(=O)O)ccc2c1. The van der Waals surface area contributed by atoms with E-state index >= 15 is 0 Å². The van der Waals surface area contributed by atoms with Crippen molar-refractivity contribution < 1.29 is 20.1 Å². The van der Waals surface area contributed by atoms with Crippen molar-refractivity contribution in [2.75, 3.05) is 7.04 Å². The zero-order valence-corrected chi connectivity index (χ0v) is 9.23. The van der Waals surface area contributed by atoms with Gasteiger partial charge in [-0.1, -0.05) is 24.3 Å². The van der Waals surface area contributed by atoms with E-state index < -0.39 is 18.9 Å². The van der Waals surface area contributed by atoms with Gasteiger partial charge in [-0.15, -0.1) is 0 Å². The van der Waals surface area contributed by atoms with Gasteiger partial charge in [0.2, 0.25) is 0 Å². The molecule has 17 heavy (non-hydrogen) atoms. The molecule has 0 spiro atoms. The average molecular weight is 234 g/mol. The summed E-state index contributed by atoms with van der Waals surface area (Å²) in [4.78, 5) is 11.1. The Morgan fingerprint density at radius 2 is 2.06 bits per heavy atom. The van der Waals surface area contributed by atoms with Gasteiger partial charge in [0, 0.05) is 1.37 Å². The molecule has 0 aliphatic heterocycles. The number of hydrogen-bond acceptors (Lipinski definition) is 2. The molecule has 0 fully saturated rings. The predicted octanol–water partition coefficient (Wildman–Crippen LogP) is 3.04. The second kappa shape index (κ2) is 4.45. The molecule has 1 N–H and O–H groups in total. The van der Waals surface area contributed by atoms with E-state index in [1.165, 1.54) is 13.0 Å². The van der Waals surface area contributed by atoms with Gasteiger partial charge >= 0.3 is 5.97 Å². The summed E-state index contributed by atoms with van der Waals surface area (Å²) in [6.45, 7) is 1.31. The van der Waals surface area contributed by atoms with Crippen LogP contribution < -0.4 is 4.74 Å². The number of carboxylic acid groups (broad SMARTS) is 1. The van der Waals surface area contributed by atoms with Gasteiger partial charge in [-0.25, -0.2) is 0 Å². The summed E-state index contributed by atoms with van der Waals surface area (Å²) in [6.07, 6.45) is 0. The van der Waals surface area contributed by atoms with Crippen molar-refractivity contribution in [3.05, 3.63) is 42.0 Å². The fourth-order valence-electron chi connectivity index (χ4n) is 1.64. The molecule has 2 aromatic carbocycles. The van der Waals surface area contributed by atoms with Crippen molar-refractivity contribution in [3.63, 3.8) is 0 Å². The molecule has 88 valence electrons. The minimum atomic E-state index is -2.52. The molecule has 3 heteroatoms. The highest BCUT2D eigenvalue weighted by Gasteiger charge is 2.13. The molecule has 1 atom stereocenters. The van der Waals surface area contributed by atoms with E-state index in [0.717, 1.165) is 0 Å². The average Bonchev–Trinajstić information content (AvgIpc) is 2.35. The minimum absolute atomic E-state index is 0.210. The van der Waals surface area contributed by atoms with Gasteiger partial charge in [0.15, 0.2) is 0 Å². The maximum Gasteiger partial charge on any atom is 0.310 e. The standard InChI is InChI=1S/C14H14O3/c1-9(14(15)16)10-3-4-12-8-13(17-2)6-5-11(12)7-10/h3-9H,1-2H3,(H,15,16)/i2D3,9D. The molecule has 3 nitrogen and oxygen atoms in total. The Hall–Kier alpha value is -2.03. The third kappa shape index (κ3) is 2.23. The van der Waals surface area contributed by atoms with Crippen molar-refractivity contribution in [2.24, 2.45) is 0 Å². The molecule has 0 aliphatic rings. The molecule has 0 bridgehead atoms. The van der Waals surface area contributed by atoms with E-state index in [1.54, 1.807) is 30.3 Å². The maximum absolute atomic E-state index is 11.1. The molecule has 0 radical (unpaired) electrons. The van der Waals surface area contributed by atoms with E-state index in [2.05, 4.69) is 0 Å². The third-order valence-corrected chi connectivity index (χ3v) is 2.68. The Labute approximate surface area is 105 Å². The van der Waals surface area contributed by atoms with Crippen molar-refractivity contribution in [2.45, 2.75) is 12.8 Å². The molecule has 0 aliphatic carbocycles. The van der Waals surface area contributed by atoms with Crippen molar-refractivity contribution in [1.82, 2.24) is 0 Å². The predicted molar refractivity (Wildman–Crippen MR) is 66.6 cm³/mol. The first kappa shape index (κ1) is 7.33. The lowest BCUT2D eigenvalue weighted by molar-refractivity contribution is -0.138. The van der Waals surface area contributed by atoms with E-state index in [9.17, 15) is 4.79 Å². The Morgan fingerprint density at radius 3 is 2.76 bits per heavy atom. The van der Waals surface area contributed by atoms with Crippen LogP contribution in [-0.2, 0) is 4.79 Å². The van der Waals surface area contributed by atoms with Crippen LogP contribution in [0.25, 0.3) is 10.8 Å². The zero-order valence-electron chi connectivity index (χ0n) is 13.2. The largest absolute Gasteiger partial charge is 0.497 e. The summed E-state index contributed by atoms with van der Waals surface area (Å²) in [5.41, 5.74) is 0.354. The van der Waals surface area contributed by atoms with Crippen molar-refractivity contribution in [3.8, 4) is 5.75 Å². The van der Waals surface area contributed by atoms with Crippen LogP contribution >= 0.6 is 0 Å². The monoisotopic (exact) mass is 234 g/mol. The molecule has 1 unspecified atom stereocenters. The number of benzene rings is 2. The Bertz CT molecular complexity index is 692. The summed E-state index contributed by atoms with van der Waals surface area (Å²) in [7, 11) is -2.52. The number of hydrogen-bond donors (Lipinski definition) is 1.